The smallest absolute Gasteiger partial charge is 0.251 e. The number of nitrogens with one attached hydrogen (secondary N) is 1. The fourth-order valence-corrected chi connectivity index (χ4v) is 4.68. The van der Waals surface area contributed by atoms with Crippen LogP contribution in [0, 0.1) is 6.92 Å². The van der Waals surface area contributed by atoms with E-state index in [1.807, 2.05) is 48.1 Å². The van der Waals surface area contributed by atoms with Gasteiger partial charge in [-0.05, 0) is 56.7 Å². The molecule has 2 aromatic heterocycles. The molecule has 0 fully saturated rings. The van der Waals surface area contributed by atoms with E-state index in [1.54, 1.807) is 6.20 Å². The Morgan fingerprint density at radius 3 is 2.71 bits per heavy atom. The maximum absolute atomic E-state index is 12.1. The van der Waals surface area contributed by atoms with Crippen molar-refractivity contribution in [1.82, 2.24) is 4.98 Å². The molecule has 3 aromatic rings. The lowest BCUT2D eigenvalue weighted by atomic mass is 9.78. The predicted octanol–water partition coefficient (Wildman–Crippen LogP) is 5.39. The van der Waals surface area contributed by atoms with Crippen molar-refractivity contribution in [3.63, 3.8) is 0 Å². The zero-order valence-corrected chi connectivity index (χ0v) is 19.9. The number of aryl methyl sites for hydroxylation is 1. The summed E-state index contributed by atoms with van der Waals surface area (Å²) >= 11 is 0. The van der Waals surface area contributed by atoms with Crippen molar-refractivity contribution in [1.29, 1.82) is 0 Å². The molecule has 4 rings (SSSR count). The first-order valence-corrected chi connectivity index (χ1v) is 11.5. The molecule has 0 saturated heterocycles. The van der Waals surface area contributed by atoms with Crippen LogP contribution < -0.4 is 10.1 Å². The number of H-pyrrole nitrogens is 1. The van der Waals surface area contributed by atoms with E-state index in [4.69, 9.17) is 0 Å². The molecule has 170 valence electrons. The Morgan fingerprint density at radius 2 is 1.94 bits per heavy atom. The normalized spacial score (nSPS) is 16.9. The molecular weight excluding hydrogens is 418 g/mol. The van der Waals surface area contributed by atoms with Gasteiger partial charge in [-0.25, -0.2) is 0 Å². The van der Waals surface area contributed by atoms with Crippen LogP contribution in [0.5, 0.6) is 0 Å². The van der Waals surface area contributed by atoms with E-state index < -0.39 is 0 Å². The summed E-state index contributed by atoms with van der Waals surface area (Å²) in [6.45, 7) is 17.2. The molecule has 0 aliphatic carbocycles. The summed E-state index contributed by atoms with van der Waals surface area (Å²) in [6, 6.07) is 16.4. The van der Waals surface area contributed by atoms with Gasteiger partial charge in [-0.3, -0.25) is 4.79 Å². The highest BCUT2D eigenvalue weighted by Gasteiger charge is 2.45. The van der Waals surface area contributed by atoms with Gasteiger partial charge in [-0.1, -0.05) is 43.0 Å². The molecule has 0 saturated carbocycles. The van der Waals surface area contributed by atoms with Gasteiger partial charge in [0.25, 0.3) is 5.56 Å². The van der Waals surface area contributed by atoms with Gasteiger partial charge in [0.2, 0.25) is 5.69 Å². The molecule has 1 aliphatic heterocycles. The van der Waals surface area contributed by atoms with Gasteiger partial charge in [-0.15, -0.1) is 0 Å². The van der Waals surface area contributed by atoms with Crippen LogP contribution in [0.15, 0.2) is 115 Å². The van der Waals surface area contributed by atoms with E-state index >= 15 is 0 Å². The van der Waals surface area contributed by atoms with Crippen LogP contribution in [0.3, 0.4) is 0 Å². The van der Waals surface area contributed by atoms with Gasteiger partial charge < -0.3 is 4.98 Å². The van der Waals surface area contributed by atoms with Crippen LogP contribution in [-0.2, 0) is 6.42 Å². The molecular formula is C30H31N3O+2. The zero-order valence-electron chi connectivity index (χ0n) is 19.9. The van der Waals surface area contributed by atoms with Crippen LogP contribution in [0.2, 0.25) is 0 Å². The average molecular weight is 450 g/mol. The number of allylic oxidation sites excluding steroid dienone is 5. The Balaban J connectivity index is 1.81. The lowest BCUT2D eigenvalue weighted by molar-refractivity contribution is -0.709. The van der Waals surface area contributed by atoms with Crippen molar-refractivity contribution in [3.05, 3.63) is 137 Å². The predicted molar refractivity (Wildman–Crippen MR) is 139 cm³/mol. The van der Waals surface area contributed by atoms with E-state index in [0.717, 1.165) is 22.5 Å². The maximum atomic E-state index is 12.1. The third-order valence-electron chi connectivity index (χ3n) is 6.32. The van der Waals surface area contributed by atoms with Crippen LogP contribution in [0.1, 0.15) is 35.6 Å². The monoisotopic (exact) mass is 449 g/mol. The van der Waals surface area contributed by atoms with Crippen molar-refractivity contribution in [2.24, 2.45) is 0 Å². The van der Waals surface area contributed by atoms with Crippen molar-refractivity contribution in [2.45, 2.75) is 32.2 Å². The summed E-state index contributed by atoms with van der Waals surface area (Å²) in [5.74, 6) is -0.0542. The molecule has 0 spiro atoms. The second-order valence-electron chi connectivity index (χ2n) is 8.66. The van der Waals surface area contributed by atoms with Crippen LogP contribution in [0.4, 0.5) is 0 Å². The molecule has 4 heteroatoms. The SMILES string of the molecule is C=C(/C=C\Cc1ccc[nH]c1=O)C1C(C(=C)[N+](=C)/C=C\C)c2ccccc2-c2ccc(C)c[n+]21. The third-order valence-corrected chi connectivity index (χ3v) is 6.32. The van der Waals surface area contributed by atoms with E-state index in [1.165, 1.54) is 16.7 Å². The Bertz CT molecular complexity index is 1390. The zero-order chi connectivity index (χ0) is 24.2. The number of fused-ring (bicyclic) bond motifs is 3. The topological polar surface area (TPSA) is 39.8 Å². The Kier molecular flexibility index (Phi) is 6.69. The lowest BCUT2D eigenvalue weighted by Crippen LogP contribution is -2.49. The fraction of sp³-hybridized carbons (Fsp3) is 0.167. The summed E-state index contributed by atoms with van der Waals surface area (Å²) in [5, 5.41) is 0. The first-order chi connectivity index (χ1) is 16.4. The Morgan fingerprint density at radius 1 is 1.15 bits per heavy atom. The number of hydrogen-bond donors (Lipinski definition) is 1. The van der Waals surface area contributed by atoms with Crippen LogP contribution >= 0.6 is 0 Å². The highest BCUT2D eigenvalue weighted by atomic mass is 16.1. The van der Waals surface area contributed by atoms with Crippen molar-refractivity contribution in [2.75, 3.05) is 0 Å². The lowest BCUT2D eigenvalue weighted by Gasteiger charge is -2.30. The number of aromatic nitrogens is 2. The standard InChI is InChI=1S/C30H30N3O/c1-6-19-32(5)23(4)28-26-15-8-7-14-25(26)27-17-16-21(2)20-33(27)29(28)22(3)11-9-12-24-13-10-18-31-30(24)34/h6-11,13-20,28-29H,3-5,12H2,1-2H3/q+1/p+1/b11-9-,19-6-. The molecule has 1 aromatic carbocycles. The molecule has 0 amide bonds. The molecule has 0 radical (unpaired) electrons. The van der Waals surface area contributed by atoms with Crippen molar-refractivity contribution < 1.29 is 9.14 Å². The second kappa shape index (κ2) is 9.84. The van der Waals surface area contributed by atoms with Crippen LogP contribution in [-0.4, -0.2) is 16.3 Å². The van der Waals surface area contributed by atoms with E-state index in [0.29, 0.717) is 6.42 Å². The maximum Gasteiger partial charge on any atom is 0.251 e. The Labute approximate surface area is 201 Å². The van der Waals surface area contributed by atoms with Gasteiger partial charge in [0.05, 0.1) is 5.56 Å². The summed E-state index contributed by atoms with van der Waals surface area (Å²) in [5.41, 5.74) is 7.20. The first-order valence-electron chi connectivity index (χ1n) is 11.5. The largest absolute Gasteiger partial charge is 0.329 e. The highest BCUT2D eigenvalue weighted by molar-refractivity contribution is 5.65. The number of aromatic amines is 1. The summed E-state index contributed by atoms with van der Waals surface area (Å²) in [7, 11) is 0. The number of pyridine rings is 2. The summed E-state index contributed by atoms with van der Waals surface area (Å²) in [6.07, 6.45) is 12.3. The third kappa shape index (κ3) is 4.40. The minimum Gasteiger partial charge on any atom is -0.329 e. The average Bonchev–Trinajstić information content (AvgIpc) is 2.83. The number of nitrogens with zero attached hydrogens (tertiary/aromatic N) is 2. The second-order valence-corrected chi connectivity index (χ2v) is 8.66. The van der Waals surface area contributed by atoms with Crippen molar-refractivity contribution >= 4 is 6.72 Å². The van der Waals surface area contributed by atoms with Crippen LogP contribution in [0.25, 0.3) is 11.3 Å². The number of benzene rings is 1. The minimum absolute atomic E-state index is 0.0542. The molecule has 1 aliphatic rings. The summed E-state index contributed by atoms with van der Waals surface area (Å²) < 4.78 is 4.15. The molecule has 3 heterocycles. The number of rotatable bonds is 7. The van der Waals surface area contributed by atoms with Gasteiger partial charge in [0.15, 0.2) is 24.1 Å². The molecule has 34 heavy (non-hydrogen) atoms. The first kappa shape index (κ1) is 23.1. The quantitative estimate of drug-likeness (QED) is 0.293. The minimum atomic E-state index is -0.0860. The Hall–Kier alpha value is -4.05. The van der Waals surface area contributed by atoms with Crippen molar-refractivity contribution in [3.8, 4) is 11.3 Å². The molecule has 2 unspecified atom stereocenters. The van der Waals surface area contributed by atoms with Gasteiger partial charge in [0.1, 0.15) is 12.6 Å². The van der Waals surface area contributed by atoms with E-state index in [-0.39, 0.29) is 17.5 Å². The van der Waals surface area contributed by atoms with Gasteiger partial charge in [0, 0.05) is 29.0 Å². The highest BCUT2D eigenvalue weighted by Crippen LogP contribution is 2.44. The molecule has 0 bridgehead atoms. The number of hydrogen-bond acceptors (Lipinski definition) is 1. The van der Waals surface area contributed by atoms with Gasteiger partial charge >= 0.3 is 0 Å². The molecule has 4 nitrogen and oxygen atoms in total. The summed E-state index contributed by atoms with van der Waals surface area (Å²) in [4.78, 5) is 14.8. The van der Waals surface area contributed by atoms with E-state index in [2.05, 4.69) is 78.9 Å². The molecule has 1 N–H and O–H groups in total. The fourth-order valence-electron chi connectivity index (χ4n) is 4.68. The van der Waals surface area contributed by atoms with E-state index in [9.17, 15) is 4.79 Å². The molecule has 2 atom stereocenters. The van der Waals surface area contributed by atoms with Gasteiger partial charge in [-0.2, -0.15) is 9.14 Å².